The molecule has 0 spiro atoms. The van der Waals surface area contributed by atoms with Gasteiger partial charge in [0.2, 0.25) is 0 Å². The average Bonchev–Trinajstić information content (AvgIpc) is 3.31. The van der Waals surface area contributed by atoms with Gasteiger partial charge in [-0.1, -0.05) is 230 Å². The van der Waals surface area contributed by atoms with Crippen molar-refractivity contribution in [1.82, 2.24) is 0 Å². The van der Waals surface area contributed by atoms with Crippen LogP contribution in [0.4, 0.5) is 17.1 Å². The van der Waals surface area contributed by atoms with Gasteiger partial charge in [-0.2, -0.15) is 0 Å². The zero-order valence-corrected chi connectivity index (χ0v) is 37.2. The summed E-state index contributed by atoms with van der Waals surface area (Å²) >= 11 is 0. The Balaban J connectivity index is 1.25. The van der Waals surface area contributed by atoms with E-state index in [2.05, 4.69) is 259 Å². The highest BCUT2D eigenvalue weighted by Crippen LogP contribution is 2.48. The van der Waals surface area contributed by atoms with Crippen molar-refractivity contribution in [3.05, 3.63) is 223 Å². The summed E-state index contributed by atoms with van der Waals surface area (Å²) in [5, 5.41) is 7.51. The van der Waals surface area contributed by atoms with Crippen molar-refractivity contribution in [3.63, 3.8) is 0 Å². The molecule has 0 fully saturated rings. The molecule has 1 nitrogen and oxygen atoms in total. The zero-order valence-electron chi connectivity index (χ0n) is 37.2. The Bertz CT molecular complexity index is 3270. The van der Waals surface area contributed by atoms with Crippen LogP contribution >= 0.6 is 0 Å². The Labute approximate surface area is 372 Å². The van der Waals surface area contributed by atoms with Crippen molar-refractivity contribution in [1.29, 1.82) is 0 Å². The molecular formula is C62H53N. The normalized spacial score (nSPS) is 12.0. The molecule has 0 radical (unpaired) electrons. The Morgan fingerprint density at radius 2 is 0.825 bits per heavy atom. The van der Waals surface area contributed by atoms with Crippen LogP contribution in [0.3, 0.4) is 0 Å². The summed E-state index contributed by atoms with van der Waals surface area (Å²) in [4.78, 5) is 2.51. The predicted octanol–water partition coefficient (Wildman–Crippen LogP) is 17.9. The van der Waals surface area contributed by atoms with E-state index < -0.39 is 0 Å². The lowest BCUT2D eigenvalue weighted by Gasteiger charge is -2.31. The Morgan fingerprint density at radius 3 is 1.56 bits per heavy atom. The molecule has 0 aliphatic heterocycles. The fraction of sp³-hybridized carbons (Fsp3) is 0.129. The fourth-order valence-electron chi connectivity index (χ4n) is 9.39. The highest BCUT2D eigenvalue weighted by Gasteiger charge is 2.25. The monoisotopic (exact) mass is 811 g/mol. The first kappa shape index (κ1) is 39.9. The van der Waals surface area contributed by atoms with Gasteiger partial charge in [-0.25, -0.2) is 0 Å². The maximum atomic E-state index is 2.51. The lowest BCUT2D eigenvalue weighted by Crippen LogP contribution is -2.17. The Hall–Kier alpha value is -7.22. The van der Waals surface area contributed by atoms with E-state index in [4.69, 9.17) is 0 Å². The van der Waals surface area contributed by atoms with E-state index in [9.17, 15) is 0 Å². The molecule has 306 valence electrons. The molecule has 0 aromatic heterocycles. The Morgan fingerprint density at radius 1 is 0.302 bits per heavy atom. The quantitative estimate of drug-likeness (QED) is 0.145. The van der Waals surface area contributed by atoms with Crippen molar-refractivity contribution >= 4 is 49.4 Å². The molecule has 63 heavy (non-hydrogen) atoms. The number of fused-ring (bicyclic) bond motifs is 4. The number of rotatable bonds is 7. The molecule has 0 aliphatic rings. The molecule has 10 rings (SSSR count). The van der Waals surface area contributed by atoms with E-state index >= 15 is 0 Å². The third-order valence-corrected chi connectivity index (χ3v) is 12.7. The molecule has 10 aromatic rings. The first-order valence-corrected chi connectivity index (χ1v) is 22.3. The van der Waals surface area contributed by atoms with Crippen molar-refractivity contribution in [2.24, 2.45) is 0 Å². The Kier molecular flexibility index (Phi) is 10.1. The van der Waals surface area contributed by atoms with Crippen molar-refractivity contribution in [2.75, 3.05) is 4.90 Å². The smallest absolute Gasteiger partial charge is 0.0540 e. The van der Waals surface area contributed by atoms with Crippen LogP contribution in [-0.2, 0) is 10.8 Å². The third-order valence-electron chi connectivity index (χ3n) is 12.7. The largest absolute Gasteiger partial charge is 0.309 e. The van der Waals surface area contributed by atoms with Gasteiger partial charge in [0.1, 0.15) is 0 Å². The minimum atomic E-state index is -0.0276. The molecule has 1 heteroatoms. The summed E-state index contributed by atoms with van der Waals surface area (Å²) in [5.41, 5.74) is 15.6. The van der Waals surface area contributed by atoms with Crippen LogP contribution in [-0.4, -0.2) is 0 Å². The molecule has 0 saturated heterocycles. The van der Waals surface area contributed by atoms with Gasteiger partial charge in [-0.15, -0.1) is 0 Å². The van der Waals surface area contributed by atoms with E-state index in [1.165, 1.54) is 88.0 Å². The lowest BCUT2D eigenvalue weighted by atomic mass is 9.78. The number of benzene rings is 10. The van der Waals surface area contributed by atoms with E-state index in [0.717, 1.165) is 17.1 Å². The van der Waals surface area contributed by atoms with Crippen LogP contribution in [0.5, 0.6) is 0 Å². The second kappa shape index (κ2) is 15.9. The van der Waals surface area contributed by atoms with Gasteiger partial charge in [0.05, 0.1) is 11.4 Å². The van der Waals surface area contributed by atoms with Crippen LogP contribution in [0, 0.1) is 0 Å². The van der Waals surface area contributed by atoms with Crippen molar-refractivity contribution in [3.8, 4) is 44.5 Å². The minimum absolute atomic E-state index is 0.0276. The molecule has 0 aliphatic carbocycles. The third kappa shape index (κ3) is 7.49. The molecule has 0 saturated carbocycles. The fourth-order valence-corrected chi connectivity index (χ4v) is 9.39. The highest BCUT2D eigenvalue weighted by molar-refractivity contribution is 6.13. The van der Waals surface area contributed by atoms with Gasteiger partial charge in [-0.05, 0) is 112 Å². The van der Waals surface area contributed by atoms with Crippen LogP contribution in [0.25, 0.3) is 76.8 Å². The summed E-state index contributed by atoms with van der Waals surface area (Å²) < 4.78 is 0. The number of para-hydroxylation sites is 2. The topological polar surface area (TPSA) is 3.24 Å². The molecule has 10 aromatic carbocycles. The van der Waals surface area contributed by atoms with Gasteiger partial charge in [-0.3, -0.25) is 0 Å². The molecule has 0 heterocycles. The number of anilines is 3. The highest BCUT2D eigenvalue weighted by atomic mass is 15.1. The molecular weight excluding hydrogens is 759 g/mol. The van der Waals surface area contributed by atoms with Gasteiger partial charge in [0.15, 0.2) is 0 Å². The summed E-state index contributed by atoms with van der Waals surface area (Å²) in [6.07, 6.45) is 0. The number of hydrogen-bond acceptors (Lipinski definition) is 1. The summed E-state index contributed by atoms with van der Waals surface area (Å²) in [6, 6.07) is 78.7. The van der Waals surface area contributed by atoms with Crippen LogP contribution in [0.2, 0.25) is 0 Å². The van der Waals surface area contributed by atoms with E-state index in [1.54, 1.807) is 0 Å². The van der Waals surface area contributed by atoms with Gasteiger partial charge >= 0.3 is 0 Å². The average molecular weight is 812 g/mol. The first-order valence-electron chi connectivity index (χ1n) is 22.3. The lowest BCUT2D eigenvalue weighted by molar-refractivity contribution is 0.569. The second-order valence-corrected chi connectivity index (χ2v) is 19.0. The second-order valence-electron chi connectivity index (χ2n) is 19.0. The maximum absolute atomic E-state index is 2.51. The van der Waals surface area contributed by atoms with Crippen molar-refractivity contribution in [2.45, 2.75) is 52.4 Å². The summed E-state index contributed by atoms with van der Waals surface area (Å²) in [7, 11) is 0. The molecule has 0 N–H and O–H groups in total. The van der Waals surface area contributed by atoms with Crippen LogP contribution in [0.1, 0.15) is 52.7 Å². The summed E-state index contributed by atoms with van der Waals surface area (Å²) in [6.45, 7) is 13.9. The van der Waals surface area contributed by atoms with E-state index in [0.29, 0.717) is 0 Å². The minimum Gasteiger partial charge on any atom is -0.309 e. The number of hydrogen-bond donors (Lipinski definition) is 0. The maximum Gasteiger partial charge on any atom is 0.0540 e. The van der Waals surface area contributed by atoms with E-state index in [-0.39, 0.29) is 10.8 Å². The zero-order chi connectivity index (χ0) is 43.3. The van der Waals surface area contributed by atoms with Gasteiger partial charge in [0, 0.05) is 16.8 Å². The summed E-state index contributed by atoms with van der Waals surface area (Å²) in [5.74, 6) is 0. The van der Waals surface area contributed by atoms with Gasteiger partial charge in [0.25, 0.3) is 0 Å². The standard InChI is InChI=1S/C62H53N/c1-61(2,3)47-38-46(39-48(41-47)62(4,5)6)52-28-12-14-34-58(52)63(49-26-16-25-45(40-49)51-30-19-32-54-50-27-11-10-22-43(50)36-37-55(51)54)59-35-15-13-29-56(59)57-33-18-24-44-23-17-31-53(60(44)57)42-20-8-7-9-21-42/h7-41H,1-6H3. The van der Waals surface area contributed by atoms with E-state index in [1.807, 2.05) is 0 Å². The molecule has 0 atom stereocenters. The molecule has 0 unspecified atom stereocenters. The first-order chi connectivity index (χ1) is 30.5. The molecule has 0 bridgehead atoms. The van der Waals surface area contributed by atoms with Crippen molar-refractivity contribution < 1.29 is 0 Å². The van der Waals surface area contributed by atoms with Crippen LogP contribution in [0.15, 0.2) is 212 Å². The van der Waals surface area contributed by atoms with Gasteiger partial charge < -0.3 is 4.90 Å². The predicted molar refractivity (Wildman–Crippen MR) is 273 cm³/mol. The SMILES string of the molecule is CC(C)(C)c1cc(-c2ccccc2N(c2cccc(-c3cccc4c3ccc3ccccc34)c2)c2ccccc2-c2cccc3cccc(-c4ccccc4)c23)cc(C(C)(C)C)c1. The number of nitrogens with zero attached hydrogens (tertiary/aromatic N) is 1. The van der Waals surface area contributed by atoms with Crippen LogP contribution < -0.4 is 4.90 Å². The molecule has 0 amide bonds.